The van der Waals surface area contributed by atoms with E-state index in [1.807, 2.05) is 18.2 Å². The largest absolute Gasteiger partial charge is 0.493 e. The molecular formula is C19H30IN3O2. The first-order chi connectivity index (χ1) is 11.7. The van der Waals surface area contributed by atoms with Gasteiger partial charge in [0.1, 0.15) is 6.61 Å². The zero-order chi connectivity index (χ0) is 17.8. The predicted molar refractivity (Wildman–Crippen MR) is 115 cm³/mol. The number of ether oxygens (including phenoxy) is 2. The summed E-state index contributed by atoms with van der Waals surface area (Å²) >= 11 is 0. The average Bonchev–Trinajstić information content (AvgIpc) is 2.63. The number of guanidine groups is 1. The van der Waals surface area contributed by atoms with Crippen LogP contribution in [0.25, 0.3) is 0 Å². The van der Waals surface area contributed by atoms with Crippen LogP contribution >= 0.6 is 24.0 Å². The first-order valence-corrected chi connectivity index (χ1v) is 8.36. The van der Waals surface area contributed by atoms with Gasteiger partial charge in [-0.2, -0.15) is 0 Å². The highest BCUT2D eigenvalue weighted by Crippen LogP contribution is 2.27. The molecule has 0 bridgehead atoms. The minimum Gasteiger partial charge on any atom is -0.493 e. The molecule has 0 aromatic heterocycles. The third-order valence-electron chi connectivity index (χ3n) is 3.94. The molecule has 0 fully saturated rings. The van der Waals surface area contributed by atoms with Crippen LogP contribution in [-0.4, -0.2) is 33.3 Å². The van der Waals surface area contributed by atoms with Gasteiger partial charge in [0.2, 0.25) is 0 Å². The van der Waals surface area contributed by atoms with Crippen molar-refractivity contribution in [1.82, 2.24) is 10.6 Å². The number of halogens is 1. The summed E-state index contributed by atoms with van der Waals surface area (Å²) < 4.78 is 10.8. The van der Waals surface area contributed by atoms with Gasteiger partial charge in [0, 0.05) is 20.1 Å². The molecule has 0 atom stereocenters. The third kappa shape index (κ3) is 8.34. The van der Waals surface area contributed by atoms with Crippen molar-refractivity contribution >= 4 is 29.9 Å². The number of benzene rings is 1. The van der Waals surface area contributed by atoms with Gasteiger partial charge in [-0.05, 0) is 23.6 Å². The lowest BCUT2D eigenvalue weighted by Gasteiger charge is -2.17. The van der Waals surface area contributed by atoms with Crippen LogP contribution in [0.3, 0.4) is 0 Å². The van der Waals surface area contributed by atoms with Crippen molar-refractivity contribution < 1.29 is 9.47 Å². The first kappa shape index (κ1) is 23.4. The van der Waals surface area contributed by atoms with E-state index in [-0.39, 0.29) is 30.6 Å². The van der Waals surface area contributed by atoms with E-state index in [0.29, 0.717) is 24.0 Å². The fourth-order valence-electron chi connectivity index (χ4n) is 2.29. The molecule has 25 heavy (non-hydrogen) atoms. The van der Waals surface area contributed by atoms with E-state index in [9.17, 15) is 0 Å². The Morgan fingerprint density at radius 1 is 1.24 bits per heavy atom. The normalized spacial score (nSPS) is 10.6. The van der Waals surface area contributed by atoms with Crippen LogP contribution in [-0.2, 0) is 6.54 Å². The number of aliphatic imine (C=N–C) groups is 1. The first-order valence-electron chi connectivity index (χ1n) is 8.36. The average molecular weight is 459 g/mol. The Kier molecular flexibility index (Phi) is 12.8. The van der Waals surface area contributed by atoms with Gasteiger partial charge in [-0.25, -0.2) is 0 Å². The summed E-state index contributed by atoms with van der Waals surface area (Å²) in [6, 6.07) is 5.79. The number of hydrogen-bond donors (Lipinski definition) is 2. The standard InChI is InChI=1S/C19H29N3O2.HI/c1-6-11-24-18-12-16(9-10-17(18)23-5)14-22-19(20-4)21-13-15(7-2)8-3;/h1,9-10,12,15H,7-8,11,13-14H2,2-5H3,(H2,20,21,22);1H. The summed E-state index contributed by atoms with van der Waals surface area (Å²) in [6.45, 7) is 6.19. The topological polar surface area (TPSA) is 54.9 Å². The fourth-order valence-corrected chi connectivity index (χ4v) is 2.29. The molecule has 0 aliphatic heterocycles. The maximum atomic E-state index is 5.52. The summed E-state index contributed by atoms with van der Waals surface area (Å²) in [5.74, 6) is 5.24. The van der Waals surface area contributed by atoms with E-state index >= 15 is 0 Å². The molecule has 140 valence electrons. The van der Waals surface area contributed by atoms with Gasteiger partial charge in [-0.1, -0.05) is 38.7 Å². The minimum atomic E-state index is 0. The smallest absolute Gasteiger partial charge is 0.191 e. The van der Waals surface area contributed by atoms with E-state index < -0.39 is 0 Å². The van der Waals surface area contributed by atoms with E-state index in [4.69, 9.17) is 15.9 Å². The number of methoxy groups -OCH3 is 1. The van der Waals surface area contributed by atoms with Crippen molar-refractivity contribution in [2.24, 2.45) is 10.9 Å². The van der Waals surface area contributed by atoms with Crippen molar-refractivity contribution in [2.45, 2.75) is 33.2 Å². The summed E-state index contributed by atoms with van der Waals surface area (Å²) in [5, 5.41) is 6.68. The van der Waals surface area contributed by atoms with Crippen LogP contribution in [0.5, 0.6) is 11.5 Å². The summed E-state index contributed by atoms with van der Waals surface area (Å²) in [7, 11) is 3.39. The van der Waals surface area contributed by atoms with Crippen molar-refractivity contribution in [3.8, 4) is 23.8 Å². The zero-order valence-corrected chi connectivity index (χ0v) is 17.9. The van der Waals surface area contributed by atoms with Crippen molar-refractivity contribution in [3.05, 3.63) is 23.8 Å². The van der Waals surface area contributed by atoms with Gasteiger partial charge in [0.25, 0.3) is 0 Å². The van der Waals surface area contributed by atoms with Gasteiger partial charge in [-0.3, -0.25) is 4.99 Å². The number of nitrogens with one attached hydrogen (secondary N) is 2. The van der Waals surface area contributed by atoms with Crippen molar-refractivity contribution in [1.29, 1.82) is 0 Å². The molecular weight excluding hydrogens is 429 g/mol. The highest BCUT2D eigenvalue weighted by Gasteiger charge is 2.07. The van der Waals surface area contributed by atoms with Crippen LogP contribution < -0.4 is 20.1 Å². The van der Waals surface area contributed by atoms with Crippen LogP contribution in [0, 0.1) is 18.3 Å². The molecule has 0 radical (unpaired) electrons. The van der Waals surface area contributed by atoms with Crippen molar-refractivity contribution in [3.63, 3.8) is 0 Å². The Hall–Kier alpha value is -1.62. The van der Waals surface area contributed by atoms with Crippen LogP contribution in [0.1, 0.15) is 32.3 Å². The Bertz CT molecular complexity index is 566. The molecule has 0 unspecified atom stereocenters. The Morgan fingerprint density at radius 3 is 2.52 bits per heavy atom. The highest BCUT2D eigenvalue weighted by molar-refractivity contribution is 14.0. The monoisotopic (exact) mass is 459 g/mol. The minimum absolute atomic E-state index is 0. The quantitative estimate of drug-likeness (QED) is 0.257. The summed E-state index contributed by atoms with van der Waals surface area (Å²) in [4.78, 5) is 4.26. The van der Waals surface area contributed by atoms with Gasteiger partial charge >= 0.3 is 0 Å². The molecule has 0 heterocycles. The number of terminal acetylenes is 1. The lowest BCUT2D eigenvalue weighted by Crippen LogP contribution is -2.39. The lowest BCUT2D eigenvalue weighted by molar-refractivity contribution is 0.330. The molecule has 0 saturated heterocycles. The second kappa shape index (κ2) is 13.6. The van der Waals surface area contributed by atoms with Gasteiger partial charge < -0.3 is 20.1 Å². The maximum absolute atomic E-state index is 5.52. The Labute approximate surface area is 169 Å². The maximum Gasteiger partial charge on any atom is 0.191 e. The van der Waals surface area contributed by atoms with Gasteiger partial charge in [0.15, 0.2) is 17.5 Å². The van der Waals surface area contributed by atoms with Gasteiger partial charge in [-0.15, -0.1) is 30.4 Å². The number of hydrogen-bond acceptors (Lipinski definition) is 3. The molecule has 0 aliphatic rings. The number of rotatable bonds is 9. The third-order valence-corrected chi connectivity index (χ3v) is 3.94. The Morgan fingerprint density at radius 2 is 1.96 bits per heavy atom. The van der Waals surface area contributed by atoms with Crippen molar-refractivity contribution in [2.75, 3.05) is 27.3 Å². The molecule has 1 aromatic carbocycles. The molecule has 1 rings (SSSR count). The molecule has 5 nitrogen and oxygen atoms in total. The lowest BCUT2D eigenvalue weighted by atomic mass is 10.0. The van der Waals surface area contributed by atoms with E-state index in [2.05, 4.69) is 35.4 Å². The zero-order valence-electron chi connectivity index (χ0n) is 15.6. The summed E-state index contributed by atoms with van der Waals surface area (Å²) in [6.07, 6.45) is 7.57. The number of nitrogens with zero attached hydrogens (tertiary/aromatic N) is 1. The molecule has 2 N–H and O–H groups in total. The highest BCUT2D eigenvalue weighted by atomic mass is 127. The molecule has 6 heteroatoms. The van der Waals surface area contributed by atoms with Crippen LogP contribution in [0.4, 0.5) is 0 Å². The molecule has 0 amide bonds. The SMILES string of the molecule is C#CCOc1cc(CNC(=NC)NCC(CC)CC)ccc1OC.I. The van der Waals surface area contributed by atoms with Gasteiger partial charge in [0.05, 0.1) is 7.11 Å². The second-order valence-electron chi connectivity index (χ2n) is 5.47. The molecule has 0 saturated carbocycles. The molecule has 0 spiro atoms. The van der Waals surface area contributed by atoms with Crippen LogP contribution in [0.15, 0.2) is 23.2 Å². The van der Waals surface area contributed by atoms with E-state index in [1.54, 1.807) is 14.2 Å². The van der Waals surface area contributed by atoms with E-state index in [0.717, 1.165) is 30.9 Å². The second-order valence-corrected chi connectivity index (χ2v) is 5.47. The predicted octanol–water partition coefficient (Wildman–Crippen LogP) is 3.43. The molecule has 0 aliphatic carbocycles. The molecule has 1 aromatic rings. The van der Waals surface area contributed by atoms with Crippen LogP contribution in [0.2, 0.25) is 0 Å². The fraction of sp³-hybridized carbons (Fsp3) is 0.526. The Balaban J connectivity index is 0.00000576. The van der Waals surface area contributed by atoms with E-state index in [1.165, 1.54) is 0 Å². The summed E-state index contributed by atoms with van der Waals surface area (Å²) in [5.41, 5.74) is 1.06.